The summed E-state index contributed by atoms with van der Waals surface area (Å²) in [6.45, 7) is 10.1. The molecule has 0 saturated carbocycles. The monoisotopic (exact) mass is 248 g/mol. The second kappa shape index (κ2) is 6.03. The molecule has 1 unspecified atom stereocenters. The van der Waals surface area contributed by atoms with E-state index in [1.807, 2.05) is 0 Å². The third-order valence-electron chi connectivity index (χ3n) is 3.01. The maximum atomic E-state index is 11.1. The highest BCUT2D eigenvalue weighted by atomic mass is 16.5. The van der Waals surface area contributed by atoms with Crippen molar-refractivity contribution in [3.8, 4) is 0 Å². The largest absolute Gasteiger partial charge is 0.458 e. The summed E-state index contributed by atoms with van der Waals surface area (Å²) in [6.07, 6.45) is 1.76. The van der Waals surface area contributed by atoms with Crippen LogP contribution in [0.25, 0.3) is 0 Å². The first-order valence-corrected chi connectivity index (χ1v) is 6.62. The van der Waals surface area contributed by atoms with E-state index in [1.165, 1.54) is 12.5 Å². The first kappa shape index (κ1) is 14.7. The maximum absolute atomic E-state index is 11.1. The second-order valence-electron chi connectivity index (χ2n) is 5.76. The van der Waals surface area contributed by atoms with Gasteiger partial charge in [-0.3, -0.25) is 4.79 Å². The summed E-state index contributed by atoms with van der Waals surface area (Å²) >= 11 is 0. The van der Waals surface area contributed by atoms with Gasteiger partial charge in [-0.25, -0.2) is 0 Å². The highest BCUT2D eigenvalue weighted by Gasteiger charge is 2.16. The molecule has 0 bridgehead atoms. The molecular weight excluding hydrogens is 224 g/mol. The minimum Gasteiger partial charge on any atom is -0.458 e. The van der Waals surface area contributed by atoms with E-state index >= 15 is 0 Å². The minimum atomic E-state index is -0.214. The van der Waals surface area contributed by atoms with Gasteiger partial charge in [-0.2, -0.15) is 0 Å². The van der Waals surface area contributed by atoms with Crippen molar-refractivity contribution < 1.29 is 9.53 Å². The number of carbonyl (C=O) groups is 1. The van der Waals surface area contributed by atoms with Crippen molar-refractivity contribution >= 4 is 5.97 Å². The molecule has 2 nitrogen and oxygen atoms in total. The van der Waals surface area contributed by atoms with Crippen LogP contribution in [0, 0.1) is 0 Å². The first-order valence-electron chi connectivity index (χ1n) is 6.62. The van der Waals surface area contributed by atoms with Gasteiger partial charge in [-0.15, -0.1) is 0 Å². The van der Waals surface area contributed by atoms with Crippen LogP contribution in [0.15, 0.2) is 24.3 Å². The van der Waals surface area contributed by atoms with E-state index < -0.39 is 0 Å². The third kappa shape index (κ3) is 4.17. The Hall–Kier alpha value is -1.31. The molecule has 2 heteroatoms. The van der Waals surface area contributed by atoms with Gasteiger partial charge < -0.3 is 4.74 Å². The summed E-state index contributed by atoms with van der Waals surface area (Å²) in [7, 11) is 0. The van der Waals surface area contributed by atoms with Gasteiger partial charge in [0.1, 0.15) is 6.10 Å². The van der Waals surface area contributed by atoms with Crippen molar-refractivity contribution in [2.75, 3.05) is 0 Å². The van der Waals surface area contributed by atoms with Gasteiger partial charge >= 0.3 is 5.97 Å². The van der Waals surface area contributed by atoms with Crippen LogP contribution in [0.5, 0.6) is 0 Å². The Morgan fingerprint density at radius 3 is 2.17 bits per heavy atom. The number of ether oxygens (including phenoxy) is 1. The van der Waals surface area contributed by atoms with E-state index in [0.29, 0.717) is 0 Å². The molecule has 0 aliphatic carbocycles. The number of carbonyl (C=O) groups excluding carboxylic acids is 1. The lowest BCUT2D eigenvalue weighted by Gasteiger charge is -2.21. The third-order valence-corrected chi connectivity index (χ3v) is 3.01. The molecule has 1 aromatic carbocycles. The van der Waals surface area contributed by atoms with E-state index in [0.717, 1.165) is 18.4 Å². The summed E-state index contributed by atoms with van der Waals surface area (Å²) in [5.41, 5.74) is 2.53. The number of rotatable bonds is 4. The van der Waals surface area contributed by atoms with Gasteiger partial charge in [0.25, 0.3) is 0 Å². The molecule has 0 amide bonds. The molecule has 0 aliphatic heterocycles. The Bertz CT molecular complexity index is 385. The highest BCUT2D eigenvalue weighted by molar-refractivity contribution is 5.66. The van der Waals surface area contributed by atoms with Crippen molar-refractivity contribution in [1.82, 2.24) is 0 Å². The highest BCUT2D eigenvalue weighted by Crippen LogP contribution is 2.27. The van der Waals surface area contributed by atoms with E-state index in [9.17, 15) is 4.79 Å². The van der Waals surface area contributed by atoms with Crippen LogP contribution in [-0.2, 0) is 14.9 Å². The topological polar surface area (TPSA) is 26.3 Å². The molecule has 1 aromatic rings. The normalized spacial score (nSPS) is 13.2. The lowest BCUT2D eigenvalue weighted by molar-refractivity contribution is -0.147. The van der Waals surface area contributed by atoms with Gasteiger partial charge in [0.15, 0.2) is 0 Å². The average Bonchev–Trinajstić information content (AvgIpc) is 2.27. The van der Waals surface area contributed by atoms with Crippen molar-refractivity contribution in [2.45, 2.75) is 59.0 Å². The molecule has 0 aliphatic rings. The molecule has 1 rings (SSSR count). The Labute approximate surface area is 110 Å². The summed E-state index contributed by atoms with van der Waals surface area (Å²) in [5, 5.41) is 0. The van der Waals surface area contributed by atoms with E-state index in [2.05, 4.69) is 52.0 Å². The van der Waals surface area contributed by atoms with Gasteiger partial charge in [0.05, 0.1) is 0 Å². The fourth-order valence-electron chi connectivity index (χ4n) is 1.95. The Morgan fingerprint density at radius 1 is 1.22 bits per heavy atom. The summed E-state index contributed by atoms with van der Waals surface area (Å²) in [6, 6.07) is 8.40. The fourth-order valence-corrected chi connectivity index (χ4v) is 1.95. The Balaban J connectivity index is 2.90. The molecule has 0 fully saturated rings. The summed E-state index contributed by atoms with van der Waals surface area (Å²) in [5.74, 6) is -0.214. The first-order chi connectivity index (χ1) is 8.34. The number of hydrogen-bond donors (Lipinski definition) is 0. The van der Waals surface area contributed by atoms with Crippen LogP contribution < -0.4 is 0 Å². The molecular formula is C16H24O2. The second-order valence-corrected chi connectivity index (χ2v) is 5.76. The molecule has 18 heavy (non-hydrogen) atoms. The number of hydrogen-bond acceptors (Lipinski definition) is 2. The number of esters is 1. The zero-order valence-electron chi connectivity index (χ0n) is 12.1. The van der Waals surface area contributed by atoms with Crippen molar-refractivity contribution in [3.05, 3.63) is 35.4 Å². The Morgan fingerprint density at radius 2 is 1.78 bits per heavy atom. The Kier molecular flexibility index (Phi) is 4.94. The lowest BCUT2D eigenvalue weighted by Crippen LogP contribution is -2.12. The van der Waals surface area contributed by atoms with Crippen molar-refractivity contribution in [1.29, 1.82) is 0 Å². The van der Waals surface area contributed by atoms with Crippen LogP contribution in [0.3, 0.4) is 0 Å². The molecule has 0 radical (unpaired) electrons. The number of benzene rings is 1. The van der Waals surface area contributed by atoms with E-state index in [1.54, 1.807) is 0 Å². The van der Waals surface area contributed by atoms with Crippen LogP contribution in [0.4, 0.5) is 0 Å². The standard InChI is InChI=1S/C16H24O2/c1-6-7-15(18-12(2)17)13-8-10-14(11-9-13)16(3,4)5/h8-11,15H,6-7H2,1-5H3. The minimum absolute atomic E-state index is 0.110. The van der Waals surface area contributed by atoms with Gasteiger partial charge in [-0.05, 0) is 23.0 Å². The van der Waals surface area contributed by atoms with Crippen molar-refractivity contribution in [3.63, 3.8) is 0 Å². The summed E-state index contributed by atoms with van der Waals surface area (Å²) in [4.78, 5) is 11.1. The van der Waals surface area contributed by atoms with E-state index in [-0.39, 0.29) is 17.5 Å². The molecule has 0 N–H and O–H groups in total. The molecule has 1 atom stereocenters. The zero-order valence-corrected chi connectivity index (χ0v) is 12.1. The quantitative estimate of drug-likeness (QED) is 0.739. The molecule has 0 aromatic heterocycles. The van der Waals surface area contributed by atoms with Crippen LogP contribution >= 0.6 is 0 Å². The fraction of sp³-hybridized carbons (Fsp3) is 0.562. The molecule has 0 heterocycles. The SMILES string of the molecule is CCCC(OC(C)=O)c1ccc(C(C)(C)C)cc1. The lowest BCUT2D eigenvalue weighted by atomic mass is 9.86. The predicted molar refractivity (Wildman–Crippen MR) is 74.6 cm³/mol. The van der Waals surface area contributed by atoms with E-state index in [4.69, 9.17) is 4.74 Å². The average molecular weight is 248 g/mol. The maximum Gasteiger partial charge on any atom is 0.303 e. The molecule has 0 saturated heterocycles. The van der Waals surface area contributed by atoms with Crippen LogP contribution in [0.2, 0.25) is 0 Å². The zero-order chi connectivity index (χ0) is 13.8. The molecule has 100 valence electrons. The van der Waals surface area contributed by atoms with Gasteiger partial charge in [0.2, 0.25) is 0 Å². The smallest absolute Gasteiger partial charge is 0.303 e. The van der Waals surface area contributed by atoms with Gasteiger partial charge in [0, 0.05) is 6.92 Å². The predicted octanol–water partition coefficient (Wildman–Crippen LogP) is 4.39. The molecule has 0 spiro atoms. The van der Waals surface area contributed by atoms with Crippen LogP contribution in [-0.4, -0.2) is 5.97 Å². The van der Waals surface area contributed by atoms with Crippen LogP contribution in [0.1, 0.15) is 64.7 Å². The van der Waals surface area contributed by atoms with Crippen molar-refractivity contribution in [2.24, 2.45) is 0 Å². The summed E-state index contributed by atoms with van der Waals surface area (Å²) < 4.78 is 5.36. The van der Waals surface area contributed by atoms with Gasteiger partial charge in [-0.1, -0.05) is 58.4 Å².